The van der Waals surface area contributed by atoms with Crippen molar-refractivity contribution in [2.75, 3.05) is 5.73 Å². The fourth-order valence-corrected chi connectivity index (χ4v) is 2.28. The number of rotatable bonds is 4. The van der Waals surface area contributed by atoms with Gasteiger partial charge in [0, 0.05) is 6.07 Å². The van der Waals surface area contributed by atoms with Crippen molar-refractivity contribution in [1.82, 2.24) is 9.97 Å². The standard InChI is InChI=1S/C18H14N4O2/c19-10-12-4-3-5-13(8-12)11-24-15-7-2-1-6-14(15)18-21-16(20)9-17(23)22-18/h1-9H,11H2,(H3,20,21,22,23). The Morgan fingerprint density at radius 2 is 2.00 bits per heavy atom. The number of ether oxygens (including phenoxy) is 1. The molecule has 3 rings (SSSR count). The molecule has 0 spiro atoms. The monoisotopic (exact) mass is 318 g/mol. The number of hydrogen-bond donors (Lipinski definition) is 2. The van der Waals surface area contributed by atoms with Gasteiger partial charge < -0.3 is 15.5 Å². The lowest BCUT2D eigenvalue weighted by Gasteiger charge is -2.11. The summed E-state index contributed by atoms with van der Waals surface area (Å²) >= 11 is 0. The van der Waals surface area contributed by atoms with Crippen LogP contribution in [0.15, 0.2) is 59.4 Å². The van der Waals surface area contributed by atoms with Crippen molar-refractivity contribution >= 4 is 5.82 Å². The van der Waals surface area contributed by atoms with Crippen molar-refractivity contribution in [3.8, 4) is 23.2 Å². The molecule has 3 N–H and O–H groups in total. The lowest BCUT2D eigenvalue weighted by atomic mass is 10.1. The van der Waals surface area contributed by atoms with Crippen molar-refractivity contribution in [1.29, 1.82) is 5.26 Å². The molecule has 0 aliphatic carbocycles. The minimum atomic E-state index is -0.325. The normalized spacial score (nSPS) is 10.1. The highest BCUT2D eigenvalue weighted by Crippen LogP contribution is 2.27. The van der Waals surface area contributed by atoms with Crippen LogP contribution in [0.3, 0.4) is 0 Å². The fourth-order valence-electron chi connectivity index (χ4n) is 2.28. The van der Waals surface area contributed by atoms with Crippen LogP contribution in [0.1, 0.15) is 11.1 Å². The molecule has 0 aliphatic rings. The Balaban J connectivity index is 1.89. The van der Waals surface area contributed by atoms with Gasteiger partial charge in [0.05, 0.1) is 17.2 Å². The smallest absolute Gasteiger partial charge is 0.253 e. The third-order valence-electron chi connectivity index (χ3n) is 3.35. The summed E-state index contributed by atoms with van der Waals surface area (Å²) in [7, 11) is 0. The first-order chi connectivity index (χ1) is 11.7. The number of benzene rings is 2. The second-order valence-electron chi connectivity index (χ2n) is 5.12. The van der Waals surface area contributed by atoms with Crippen molar-refractivity contribution in [3.05, 3.63) is 76.1 Å². The maximum Gasteiger partial charge on any atom is 0.253 e. The molecule has 2 aromatic carbocycles. The van der Waals surface area contributed by atoms with Gasteiger partial charge in [0.15, 0.2) is 0 Å². The minimum absolute atomic E-state index is 0.144. The highest BCUT2D eigenvalue weighted by atomic mass is 16.5. The third kappa shape index (κ3) is 3.42. The average Bonchev–Trinajstić information content (AvgIpc) is 2.59. The van der Waals surface area contributed by atoms with Crippen LogP contribution in [0.5, 0.6) is 5.75 Å². The van der Waals surface area contributed by atoms with Gasteiger partial charge in [-0.1, -0.05) is 24.3 Å². The van der Waals surface area contributed by atoms with Gasteiger partial charge >= 0.3 is 0 Å². The van der Waals surface area contributed by atoms with E-state index in [-0.39, 0.29) is 11.4 Å². The molecule has 0 bridgehead atoms. The molecular weight excluding hydrogens is 304 g/mol. The molecule has 0 fully saturated rings. The number of anilines is 1. The van der Waals surface area contributed by atoms with E-state index in [4.69, 9.17) is 15.7 Å². The van der Waals surface area contributed by atoms with Gasteiger partial charge in [0.2, 0.25) is 0 Å². The number of para-hydroxylation sites is 1. The van der Waals surface area contributed by atoms with E-state index < -0.39 is 0 Å². The molecular formula is C18H14N4O2. The van der Waals surface area contributed by atoms with Gasteiger partial charge in [0.25, 0.3) is 5.56 Å². The topological polar surface area (TPSA) is 105 Å². The van der Waals surface area contributed by atoms with E-state index in [9.17, 15) is 4.79 Å². The van der Waals surface area contributed by atoms with Crippen LogP contribution in [0.4, 0.5) is 5.82 Å². The maximum atomic E-state index is 11.6. The van der Waals surface area contributed by atoms with E-state index >= 15 is 0 Å². The van der Waals surface area contributed by atoms with Crippen LogP contribution in [0, 0.1) is 11.3 Å². The van der Waals surface area contributed by atoms with Gasteiger partial charge in [-0.2, -0.15) is 5.26 Å². The zero-order valence-corrected chi connectivity index (χ0v) is 12.7. The van der Waals surface area contributed by atoms with Crippen molar-refractivity contribution in [2.45, 2.75) is 6.61 Å². The lowest BCUT2D eigenvalue weighted by molar-refractivity contribution is 0.307. The Morgan fingerprint density at radius 3 is 2.79 bits per heavy atom. The number of nitrogens with two attached hydrogens (primary N) is 1. The number of nitriles is 1. The maximum absolute atomic E-state index is 11.6. The molecule has 6 heteroatoms. The number of hydrogen-bond acceptors (Lipinski definition) is 5. The van der Waals surface area contributed by atoms with E-state index in [1.54, 1.807) is 30.3 Å². The number of nitrogen functional groups attached to an aromatic ring is 1. The molecule has 1 heterocycles. The predicted octanol–water partition coefficient (Wildman–Crippen LogP) is 2.47. The Hall–Kier alpha value is -3.59. The molecule has 0 saturated heterocycles. The number of aromatic nitrogens is 2. The van der Waals surface area contributed by atoms with Gasteiger partial charge in [-0.05, 0) is 29.8 Å². The highest BCUT2D eigenvalue weighted by molar-refractivity contribution is 5.64. The van der Waals surface area contributed by atoms with Gasteiger partial charge in [-0.25, -0.2) is 4.98 Å². The Bertz CT molecular complexity index is 973. The second kappa shape index (κ2) is 6.67. The van der Waals surface area contributed by atoms with Crippen molar-refractivity contribution in [3.63, 3.8) is 0 Å². The summed E-state index contributed by atoms with van der Waals surface area (Å²) in [6.07, 6.45) is 0. The first-order valence-electron chi connectivity index (χ1n) is 7.24. The molecule has 0 radical (unpaired) electrons. The van der Waals surface area contributed by atoms with Crippen LogP contribution in [-0.4, -0.2) is 9.97 Å². The van der Waals surface area contributed by atoms with E-state index in [2.05, 4.69) is 16.0 Å². The number of nitrogens with zero attached hydrogens (tertiary/aromatic N) is 2. The van der Waals surface area contributed by atoms with Crippen molar-refractivity contribution < 1.29 is 4.74 Å². The molecule has 1 aromatic heterocycles. The first kappa shape index (κ1) is 15.3. The summed E-state index contributed by atoms with van der Waals surface area (Å²) in [5.74, 6) is 1.06. The van der Waals surface area contributed by atoms with Crippen LogP contribution >= 0.6 is 0 Å². The molecule has 0 saturated carbocycles. The average molecular weight is 318 g/mol. The molecule has 0 aliphatic heterocycles. The van der Waals surface area contributed by atoms with Crippen LogP contribution in [0.25, 0.3) is 11.4 Å². The lowest BCUT2D eigenvalue weighted by Crippen LogP contribution is -2.10. The summed E-state index contributed by atoms with van der Waals surface area (Å²) < 4.78 is 5.84. The third-order valence-corrected chi connectivity index (χ3v) is 3.35. The van der Waals surface area contributed by atoms with Gasteiger partial charge in [-0.3, -0.25) is 4.79 Å². The molecule has 0 atom stereocenters. The van der Waals surface area contributed by atoms with Crippen LogP contribution in [-0.2, 0) is 6.61 Å². The Kier molecular flexibility index (Phi) is 4.25. The summed E-state index contributed by atoms with van der Waals surface area (Å²) in [6, 6.07) is 17.7. The Labute approximate surface area is 138 Å². The molecule has 3 aromatic rings. The molecule has 0 unspecified atom stereocenters. The molecule has 6 nitrogen and oxygen atoms in total. The second-order valence-corrected chi connectivity index (χ2v) is 5.12. The summed E-state index contributed by atoms with van der Waals surface area (Å²) in [5.41, 5.74) is 7.40. The Morgan fingerprint density at radius 1 is 1.17 bits per heavy atom. The fraction of sp³-hybridized carbons (Fsp3) is 0.0556. The largest absolute Gasteiger partial charge is 0.488 e. The summed E-state index contributed by atoms with van der Waals surface area (Å²) in [5, 5.41) is 8.95. The highest BCUT2D eigenvalue weighted by Gasteiger charge is 2.09. The zero-order valence-electron chi connectivity index (χ0n) is 12.7. The van der Waals surface area contributed by atoms with Gasteiger partial charge in [-0.15, -0.1) is 0 Å². The van der Waals surface area contributed by atoms with Gasteiger partial charge in [0.1, 0.15) is 24.0 Å². The molecule has 24 heavy (non-hydrogen) atoms. The minimum Gasteiger partial charge on any atom is -0.488 e. The summed E-state index contributed by atoms with van der Waals surface area (Å²) in [6.45, 7) is 0.291. The van der Waals surface area contributed by atoms with E-state index in [0.29, 0.717) is 29.3 Å². The predicted molar refractivity (Wildman–Crippen MR) is 90.2 cm³/mol. The molecule has 118 valence electrons. The van der Waals surface area contributed by atoms with Crippen LogP contribution < -0.4 is 16.0 Å². The number of nitrogens with one attached hydrogen (secondary N) is 1. The van der Waals surface area contributed by atoms with Crippen LogP contribution in [0.2, 0.25) is 0 Å². The van der Waals surface area contributed by atoms with E-state index in [0.717, 1.165) is 5.56 Å². The quantitative estimate of drug-likeness (QED) is 0.769. The zero-order chi connectivity index (χ0) is 16.9. The number of aromatic amines is 1. The van der Waals surface area contributed by atoms with Crippen molar-refractivity contribution in [2.24, 2.45) is 0 Å². The first-order valence-corrected chi connectivity index (χ1v) is 7.24. The van der Waals surface area contributed by atoms with E-state index in [1.165, 1.54) is 6.07 Å². The number of H-pyrrole nitrogens is 1. The molecule has 0 amide bonds. The summed E-state index contributed by atoms with van der Waals surface area (Å²) in [4.78, 5) is 18.4. The van der Waals surface area contributed by atoms with E-state index in [1.807, 2.05) is 18.2 Å². The SMILES string of the molecule is N#Cc1cccc(COc2ccccc2-c2nc(N)cc(=O)[nH]2)c1.